The molecule has 3 heteroatoms. The molecule has 2 atom stereocenters. The molecule has 0 amide bonds. The fourth-order valence-corrected chi connectivity index (χ4v) is 2.28. The van der Waals surface area contributed by atoms with E-state index >= 15 is 0 Å². The van der Waals surface area contributed by atoms with E-state index in [-0.39, 0.29) is 17.7 Å². The SMILES string of the molecule is CC(C)(C)OC(=O)C12CC1CCC2=O. The fourth-order valence-electron chi connectivity index (χ4n) is 2.28. The second-order valence-electron chi connectivity index (χ2n) is 5.34. The topological polar surface area (TPSA) is 43.4 Å². The summed E-state index contributed by atoms with van der Waals surface area (Å²) in [5.74, 6) is 0.0825. The Morgan fingerprint density at radius 3 is 2.50 bits per heavy atom. The van der Waals surface area contributed by atoms with Crippen molar-refractivity contribution in [3.05, 3.63) is 0 Å². The van der Waals surface area contributed by atoms with E-state index < -0.39 is 11.0 Å². The zero-order chi connectivity index (χ0) is 10.6. The highest BCUT2D eigenvalue weighted by atomic mass is 16.6. The highest BCUT2D eigenvalue weighted by Crippen LogP contribution is 2.62. The maximum absolute atomic E-state index is 11.8. The van der Waals surface area contributed by atoms with Gasteiger partial charge in [0.05, 0.1) is 0 Å². The number of carbonyl (C=O) groups is 2. The molecule has 0 saturated heterocycles. The number of hydrogen-bond donors (Lipinski definition) is 0. The van der Waals surface area contributed by atoms with Gasteiger partial charge in [-0.25, -0.2) is 0 Å². The van der Waals surface area contributed by atoms with Gasteiger partial charge in [-0.15, -0.1) is 0 Å². The van der Waals surface area contributed by atoms with Crippen molar-refractivity contribution >= 4 is 11.8 Å². The van der Waals surface area contributed by atoms with Gasteiger partial charge in [0.25, 0.3) is 0 Å². The average molecular weight is 196 g/mol. The molecule has 0 aromatic rings. The molecule has 0 heterocycles. The van der Waals surface area contributed by atoms with Crippen molar-refractivity contribution in [1.82, 2.24) is 0 Å². The Hall–Kier alpha value is -0.860. The molecule has 0 radical (unpaired) electrons. The van der Waals surface area contributed by atoms with Gasteiger partial charge in [-0.05, 0) is 39.5 Å². The lowest BCUT2D eigenvalue weighted by molar-refractivity contribution is -0.163. The fraction of sp³-hybridized carbons (Fsp3) is 0.818. The van der Waals surface area contributed by atoms with E-state index in [9.17, 15) is 9.59 Å². The van der Waals surface area contributed by atoms with Gasteiger partial charge in [0, 0.05) is 6.42 Å². The summed E-state index contributed by atoms with van der Waals surface area (Å²) in [6, 6.07) is 0. The van der Waals surface area contributed by atoms with Crippen LogP contribution in [0.3, 0.4) is 0 Å². The van der Waals surface area contributed by atoms with Crippen LogP contribution in [0.25, 0.3) is 0 Å². The molecule has 2 unspecified atom stereocenters. The molecule has 0 N–H and O–H groups in total. The van der Waals surface area contributed by atoms with Crippen LogP contribution >= 0.6 is 0 Å². The normalized spacial score (nSPS) is 35.4. The van der Waals surface area contributed by atoms with Crippen molar-refractivity contribution in [2.45, 2.75) is 45.6 Å². The van der Waals surface area contributed by atoms with Crippen molar-refractivity contribution in [3.63, 3.8) is 0 Å². The smallest absolute Gasteiger partial charge is 0.320 e. The van der Waals surface area contributed by atoms with Crippen LogP contribution in [0.2, 0.25) is 0 Å². The molecule has 0 aromatic heterocycles. The molecular weight excluding hydrogens is 180 g/mol. The van der Waals surface area contributed by atoms with Crippen LogP contribution in [-0.4, -0.2) is 17.4 Å². The van der Waals surface area contributed by atoms with Crippen molar-refractivity contribution in [2.75, 3.05) is 0 Å². The summed E-state index contributed by atoms with van der Waals surface area (Å²) in [6.07, 6.45) is 2.16. The lowest BCUT2D eigenvalue weighted by atomic mass is 10.0. The Kier molecular flexibility index (Phi) is 1.79. The average Bonchev–Trinajstić information content (AvgIpc) is 2.65. The van der Waals surface area contributed by atoms with Crippen LogP contribution in [0.1, 0.15) is 40.0 Å². The maximum Gasteiger partial charge on any atom is 0.320 e. The zero-order valence-corrected chi connectivity index (χ0v) is 8.92. The van der Waals surface area contributed by atoms with Gasteiger partial charge in [0.1, 0.15) is 16.8 Å². The first-order valence-electron chi connectivity index (χ1n) is 5.13. The molecule has 2 rings (SSSR count). The van der Waals surface area contributed by atoms with E-state index in [1.165, 1.54) is 0 Å². The minimum absolute atomic E-state index is 0.0942. The van der Waals surface area contributed by atoms with E-state index in [1.807, 2.05) is 20.8 Å². The predicted molar refractivity (Wildman–Crippen MR) is 50.6 cm³/mol. The number of Topliss-reactive ketones (excluding diaryl/α,β-unsaturated/α-hetero) is 1. The molecule has 0 aromatic carbocycles. The number of ketones is 1. The molecular formula is C11H16O3. The molecule has 14 heavy (non-hydrogen) atoms. The Balaban J connectivity index is 2.10. The number of esters is 1. The monoisotopic (exact) mass is 196 g/mol. The van der Waals surface area contributed by atoms with E-state index in [1.54, 1.807) is 0 Å². The first-order valence-corrected chi connectivity index (χ1v) is 5.13. The number of hydrogen-bond acceptors (Lipinski definition) is 3. The van der Waals surface area contributed by atoms with Crippen molar-refractivity contribution in [1.29, 1.82) is 0 Å². The molecule has 0 spiro atoms. The second kappa shape index (κ2) is 2.59. The quantitative estimate of drug-likeness (QED) is 0.473. The molecule has 2 aliphatic carbocycles. The summed E-state index contributed by atoms with van der Waals surface area (Å²) in [5.41, 5.74) is -1.20. The van der Waals surface area contributed by atoms with Gasteiger partial charge in [-0.3, -0.25) is 9.59 Å². The van der Waals surface area contributed by atoms with Crippen LogP contribution in [0, 0.1) is 11.3 Å². The highest BCUT2D eigenvalue weighted by Gasteiger charge is 2.69. The summed E-state index contributed by atoms with van der Waals surface area (Å²) in [7, 11) is 0. The molecule has 0 aliphatic heterocycles. The summed E-state index contributed by atoms with van der Waals surface area (Å²) >= 11 is 0. The maximum atomic E-state index is 11.8. The van der Waals surface area contributed by atoms with Crippen LogP contribution in [0.15, 0.2) is 0 Å². The molecule has 2 saturated carbocycles. The van der Waals surface area contributed by atoms with E-state index in [2.05, 4.69) is 0 Å². The second-order valence-corrected chi connectivity index (χ2v) is 5.34. The predicted octanol–water partition coefficient (Wildman–Crippen LogP) is 1.70. The number of fused-ring (bicyclic) bond motifs is 1. The third-order valence-corrected chi connectivity index (χ3v) is 3.09. The highest BCUT2D eigenvalue weighted by molar-refractivity contribution is 6.09. The third kappa shape index (κ3) is 1.26. The number of ether oxygens (including phenoxy) is 1. The molecule has 78 valence electrons. The van der Waals surface area contributed by atoms with Crippen LogP contribution in [0.5, 0.6) is 0 Å². The number of carbonyl (C=O) groups excluding carboxylic acids is 2. The van der Waals surface area contributed by atoms with Crippen LogP contribution < -0.4 is 0 Å². The molecule has 2 aliphatic rings. The number of rotatable bonds is 1. The van der Waals surface area contributed by atoms with Crippen molar-refractivity contribution in [2.24, 2.45) is 11.3 Å². The largest absolute Gasteiger partial charge is 0.459 e. The van der Waals surface area contributed by atoms with Gasteiger partial charge in [-0.2, -0.15) is 0 Å². The van der Waals surface area contributed by atoms with Crippen LogP contribution in [-0.2, 0) is 14.3 Å². The first-order chi connectivity index (χ1) is 6.36. The van der Waals surface area contributed by atoms with Crippen LogP contribution in [0.4, 0.5) is 0 Å². The minimum atomic E-state index is -0.715. The summed E-state index contributed by atoms with van der Waals surface area (Å²) in [4.78, 5) is 23.4. The Morgan fingerprint density at radius 2 is 2.14 bits per heavy atom. The summed E-state index contributed by atoms with van der Waals surface area (Å²) in [5, 5.41) is 0. The third-order valence-electron chi connectivity index (χ3n) is 3.09. The van der Waals surface area contributed by atoms with Gasteiger partial charge >= 0.3 is 5.97 Å². The van der Waals surface area contributed by atoms with E-state index in [0.29, 0.717) is 6.42 Å². The van der Waals surface area contributed by atoms with Crippen molar-refractivity contribution < 1.29 is 14.3 Å². The Morgan fingerprint density at radius 1 is 1.50 bits per heavy atom. The van der Waals surface area contributed by atoms with Gasteiger partial charge < -0.3 is 4.74 Å². The van der Waals surface area contributed by atoms with Gasteiger partial charge in [0.15, 0.2) is 0 Å². The lowest BCUT2D eigenvalue weighted by Gasteiger charge is -2.22. The summed E-state index contributed by atoms with van der Waals surface area (Å²) in [6.45, 7) is 5.50. The van der Waals surface area contributed by atoms with Gasteiger partial charge in [0.2, 0.25) is 0 Å². The summed E-state index contributed by atoms with van der Waals surface area (Å²) < 4.78 is 5.28. The molecule has 2 fully saturated rings. The Bertz CT molecular complexity index is 300. The first kappa shape index (κ1) is 9.69. The van der Waals surface area contributed by atoms with Crippen molar-refractivity contribution in [3.8, 4) is 0 Å². The van der Waals surface area contributed by atoms with E-state index in [0.717, 1.165) is 12.8 Å². The molecule has 3 nitrogen and oxygen atoms in total. The lowest BCUT2D eigenvalue weighted by Crippen LogP contribution is -2.33. The standard InChI is InChI=1S/C11H16O3/c1-10(2,3)14-9(13)11-6-7(11)4-5-8(11)12/h7H,4-6H2,1-3H3. The molecule has 0 bridgehead atoms. The van der Waals surface area contributed by atoms with E-state index in [4.69, 9.17) is 4.74 Å². The van der Waals surface area contributed by atoms with Gasteiger partial charge in [-0.1, -0.05) is 0 Å². The zero-order valence-electron chi connectivity index (χ0n) is 8.92. The Labute approximate surface area is 83.8 Å². The minimum Gasteiger partial charge on any atom is -0.459 e.